The van der Waals surface area contributed by atoms with Crippen molar-refractivity contribution in [1.82, 2.24) is 15.0 Å². The van der Waals surface area contributed by atoms with Gasteiger partial charge < -0.3 is 4.74 Å². The zero-order valence-electron chi connectivity index (χ0n) is 9.85. The van der Waals surface area contributed by atoms with Gasteiger partial charge in [0.25, 0.3) is 0 Å². The number of ether oxygens (including phenoxy) is 1. The Kier molecular flexibility index (Phi) is 3.64. The Morgan fingerprint density at radius 2 is 2.00 bits per heavy atom. The summed E-state index contributed by atoms with van der Waals surface area (Å²) in [4.78, 5) is 0. The highest BCUT2D eigenvalue weighted by Crippen LogP contribution is 2.16. The summed E-state index contributed by atoms with van der Waals surface area (Å²) < 4.78 is 6.80. The Morgan fingerprint density at radius 1 is 1.29 bits per heavy atom. The average Bonchev–Trinajstić information content (AvgIpc) is 2.71. The highest BCUT2D eigenvalue weighted by Gasteiger charge is 2.08. The van der Waals surface area contributed by atoms with Crippen LogP contribution in [0.15, 0.2) is 24.3 Å². The van der Waals surface area contributed by atoms with Crippen molar-refractivity contribution in [1.29, 1.82) is 0 Å². The van der Waals surface area contributed by atoms with Crippen LogP contribution in [-0.2, 0) is 13.0 Å². The topological polar surface area (TPSA) is 39.9 Å². The quantitative estimate of drug-likeness (QED) is 0.839. The maximum absolute atomic E-state index is 6.15. The van der Waals surface area contributed by atoms with E-state index in [0.717, 1.165) is 23.4 Å². The van der Waals surface area contributed by atoms with Crippen molar-refractivity contribution in [2.24, 2.45) is 0 Å². The maximum atomic E-state index is 6.15. The third-order valence-electron chi connectivity index (χ3n) is 2.56. The molecule has 1 aromatic heterocycles. The molecule has 0 saturated heterocycles. The molecule has 2 rings (SSSR count). The standard InChI is InChI=1S/C12H14ClN3O/c1-3-11-12(13)16(15-14-11)8-9-4-6-10(17-2)7-5-9/h4-7H,3,8H2,1-2H3. The average molecular weight is 252 g/mol. The number of aromatic nitrogens is 3. The zero-order chi connectivity index (χ0) is 12.3. The van der Waals surface area contributed by atoms with Crippen molar-refractivity contribution in [3.05, 3.63) is 40.7 Å². The number of methoxy groups -OCH3 is 1. The first-order valence-corrected chi connectivity index (χ1v) is 5.83. The molecule has 0 aliphatic carbocycles. The Bertz CT molecular complexity index is 493. The van der Waals surface area contributed by atoms with Crippen molar-refractivity contribution in [2.45, 2.75) is 19.9 Å². The molecule has 0 unspecified atom stereocenters. The van der Waals surface area contributed by atoms with Crippen LogP contribution < -0.4 is 4.74 Å². The van der Waals surface area contributed by atoms with Crippen LogP contribution in [-0.4, -0.2) is 22.1 Å². The zero-order valence-corrected chi connectivity index (χ0v) is 10.6. The lowest BCUT2D eigenvalue weighted by Gasteiger charge is -2.04. The van der Waals surface area contributed by atoms with E-state index in [1.54, 1.807) is 11.8 Å². The third kappa shape index (κ3) is 2.58. The molecule has 1 aromatic carbocycles. The van der Waals surface area contributed by atoms with Crippen molar-refractivity contribution in [3.63, 3.8) is 0 Å². The molecule has 17 heavy (non-hydrogen) atoms. The molecular formula is C12H14ClN3O. The summed E-state index contributed by atoms with van der Waals surface area (Å²) in [5.74, 6) is 0.840. The predicted molar refractivity (Wildman–Crippen MR) is 66.5 cm³/mol. The van der Waals surface area contributed by atoms with E-state index in [2.05, 4.69) is 10.3 Å². The fraction of sp³-hybridized carbons (Fsp3) is 0.333. The van der Waals surface area contributed by atoms with Crippen LogP contribution in [0.1, 0.15) is 18.2 Å². The summed E-state index contributed by atoms with van der Waals surface area (Å²) in [6.07, 6.45) is 0.793. The minimum atomic E-state index is 0.614. The molecule has 4 nitrogen and oxygen atoms in total. The van der Waals surface area contributed by atoms with Gasteiger partial charge in [0.2, 0.25) is 0 Å². The van der Waals surface area contributed by atoms with Gasteiger partial charge in [0, 0.05) is 0 Å². The van der Waals surface area contributed by atoms with Crippen molar-refractivity contribution in [2.75, 3.05) is 7.11 Å². The van der Waals surface area contributed by atoms with E-state index in [4.69, 9.17) is 16.3 Å². The molecule has 0 atom stereocenters. The highest BCUT2D eigenvalue weighted by atomic mass is 35.5. The van der Waals surface area contributed by atoms with Gasteiger partial charge in [-0.15, -0.1) is 5.10 Å². The van der Waals surface area contributed by atoms with E-state index in [1.807, 2.05) is 31.2 Å². The normalized spacial score (nSPS) is 10.5. The van der Waals surface area contributed by atoms with E-state index in [0.29, 0.717) is 11.7 Å². The minimum Gasteiger partial charge on any atom is -0.497 e. The molecule has 0 radical (unpaired) electrons. The number of aryl methyl sites for hydroxylation is 1. The first kappa shape index (κ1) is 11.9. The van der Waals surface area contributed by atoms with Crippen LogP contribution in [0.3, 0.4) is 0 Å². The highest BCUT2D eigenvalue weighted by molar-refractivity contribution is 6.30. The largest absolute Gasteiger partial charge is 0.497 e. The summed E-state index contributed by atoms with van der Waals surface area (Å²) in [6, 6.07) is 7.81. The smallest absolute Gasteiger partial charge is 0.150 e. The van der Waals surface area contributed by atoms with E-state index >= 15 is 0 Å². The van der Waals surface area contributed by atoms with E-state index in [1.165, 1.54) is 0 Å². The lowest BCUT2D eigenvalue weighted by Crippen LogP contribution is -2.02. The van der Waals surface area contributed by atoms with Crippen molar-refractivity contribution in [3.8, 4) is 5.75 Å². The summed E-state index contributed by atoms with van der Waals surface area (Å²) >= 11 is 6.15. The molecule has 0 saturated carbocycles. The van der Waals surface area contributed by atoms with Gasteiger partial charge in [-0.25, -0.2) is 4.68 Å². The van der Waals surface area contributed by atoms with Gasteiger partial charge in [-0.3, -0.25) is 0 Å². The molecule has 5 heteroatoms. The van der Waals surface area contributed by atoms with Crippen molar-refractivity contribution >= 4 is 11.6 Å². The molecule has 0 spiro atoms. The lowest BCUT2D eigenvalue weighted by molar-refractivity contribution is 0.414. The maximum Gasteiger partial charge on any atom is 0.150 e. The number of rotatable bonds is 4. The van der Waals surface area contributed by atoms with Gasteiger partial charge in [0.15, 0.2) is 5.15 Å². The van der Waals surface area contributed by atoms with Crippen LogP contribution >= 0.6 is 11.6 Å². The molecule has 90 valence electrons. The third-order valence-corrected chi connectivity index (χ3v) is 2.98. The van der Waals surface area contributed by atoms with Gasteiger partial charge in [-0.1, -0.05) is 35.9 Å². The van der Waals surface area contributed by atoms with Crippen LogP contribution in [0, 0.1) is 0 Å². The molecule has 2 aromatic rings. The van der Waals surface area contributed by atoms with E-state index in [-0.39, 0.29) is 0 Å². The molecular weight excluding hydrogens is 238 g/mol. The lowest BCUT2D eigenvalue weighted by atomic mass is 10.2. The summed E-state index contributed by atoms with van der Waals surface area (Å²) in [5, 5.41) is 8.66. The predicted octanol–water partition coefficient (Wildman–Crippen LogP) is 2.55. The number of hydrogen-bond donors (Lipinski definition) is 0. The minimum absolute atomic E-state index is 0.614. The van der Waals surface area contributed by atoms with E-state index < -0.39 is 0 Å². The fourth-order valence-corrected chi connectivity index (χ4v) is 1.82. The molecule has 0 aliphatic heterocycles. The molecule has 0 amide bonds. The molecule has 0 bridgehead atoms. The Hall–Kier alpha value is -1.55. The first-order valence-electron chi connectivity index (χ1n) is 5.45. The number of nitrogens with zero attached hydrogens (tertiary/aromatic N) is 3. The molecule has 0 fully saturated rings. The molecule has 0 aliphatic rings. The second-order valence-corrected chi connectivity index (χ2v) is 4.04. The second-order valence-electron chi connectivity index (χ2n) is 3.69. The Balaban J connectivity index is 2.16. The Morgan fingerprint density at radius 3 is 2.53 bits per heavy atom. The van der Waals surface area contributed by atoms with Crippen LogP contribution in [0.25, 0.3) is 0 Å². The van der Waals surface area contributed by atoms with Crippen LogP contribution in [0.2, 0.25) is 5.15 Å². The number of hydrogen-bond acceptors (Lipinski definition) is 3. The first-order chi connectivity index (χ1) is 8.24. The van der Waals surface area contributed by atoms with Gasteiger partial charge in [-0.05, 0) is 24.1 Å². The molecule has 0 N–H and O–H groups in total. The summed E-state index contributed by atoms with van der Waals surface area (Å²) in [6.45, 7) is 2.63. The van der Waals surface area contributed by atoms with Crippen molar-refractivity contribution < 1.29 is 4.74 Å². The molecule has 1 heterocycles. The van der Waals surface area contributed by atoms with Crippen LogP contribution in [0.5, 0.6) is 5.75 Å². The Labute approximate surface area is 105 Å². The van der Waals surface area contributed by atoms with Gasteiger partial charge in [-0.2, -0.15) is 0 Å². The van der Waals surface area contributed by atoms with Crippen LogP contribution in [0.4, 0.5) is 0 Å². The van der Waals surface area contributed by atoms with E-state index in [9.17, 15) is 0 Å². The number of halogens is 1. The van der Waals surface area contributed by atoms with Gasteiger partial charge >= 0.3 is 0 Å². The van der Waals surface area contributed by atoms with Gasteiger partial charge in [0.1, 0.15) is 11.4 Å². The summed E-state index contributed by atoms with van der Waals surface area (Å²) in [7, 11) is 1.65. The fourth-order valence-electron chi connectivity index (χ4n) is 1.56. The van der Waals surface area contributed by atoms with Gasteiger partial charge in [0.05, 0.1) is 13.7 Å². The SMILES string of the molecule is CCc1nnn(Cc2ccc(OC)cc2)c1Cl. The summed E-state index contributed by atoms with van der Waals surface area (Å²) in [5.41, 5.74) is 1.94. The number of benzene rings is 1. The second kappa shape index (κ2) is 5.19. The monoisotopic (exact) mass is 251 g/mol.